The summed E-state index contributed by atoms with van der Waals surface area (Å²) >= 11 is 0. The van der Waals surface area contributed by atoms with Crippen molar-refractivity contribution in [3.8, 4) is 0 Å². The molecule has 5 rings (SSSR count). The van der Waals surface area contributed by atoms with Gasteiger partial charge in [-0.2, -0.15) is 0 Å². The van der Waals surface area contributed by atoms with Crippen LogP contribution in [-0.2, 0) is 21.2 Å². The van der Waals surface area contributed by atoms with E-state index < -0.39 is 21.9 Å². The number of piperazine rings is 1. The maximum absolute atomic E-state index is 13.4. The molecule has 11 nitrogen and oxygen atoms in total. The van der Waals surface area contributed by atoms with E-state index in [1.165, 1.54) is 13.8 Å². The Bertz CT molecular complexity index is 1520. The van der Waals surface area contributed by atoms with Gasteiger partial charge in [0.25, 0.3) is 11.5 Å². The van der Waals surface area contributed by atoms with Crippen LogP contribution in [0.2, 0.25) is 0 Å². The van der Waals surface area contributed by atoms with Crippen molar-refractivity contribution < 1.29 is 18.1 Å². The Balaban J connectivity index is 1.42. The van der Waals surface area contributed by atoms with E-state index in [4.69, 9.17) is 4.52 Å². The summed E-state index contributed by atoms with van der Waals surface area (Å²) in [6.07, 6.45) is 1.57. The van der Waals surface area contributed by atoms with Gasteiger partial charge in [-0.1, -0.05) is 39.7 Å². The Morgan fingerprint density at radius 2 is 1.81 bits per heavy atom. The molecule has 1 atom stereocenters. The molecule has 1 aromatic carbocycles. The van der Waals surface area contributed by atoms with Gasteiger partial charge in [-0.15, -0.1) is 4.31 Å². The van der Waals surface area contributed by atoms with Gasteiger partial charge in [0.05, 0.1) is 19.6 Å². The lowest BCUT2D eigenvalue weighted by atomic mass is 10.2. The normalized spacial score (nSPS) is 16.2. The Hall–Kier alpha value is -3.74. The van der Waals surface area contributed by atoms with Gasteiger partial charge in [-0.3, -0.25) is 14.2 Å². The zero-order chi connectivity index (χ0) is 25.4. The zero-order valence-electron chi connectivity index (χ0n) is 19.8. The molecule has 1 amide bonds. The predicted molar refractivity (Wildman–Crippen MR) is 130 cm³/mol. The minimum Gasteiger partial charge on any atom is -0.593 e. The van der Waals surface area contributed by atoms with Crippen molar-refractivity contribution in [2.45, 2.75) is 25.3 Å². The first-order valence-corrected chi connectivity index (χ1v) is 12.8. The summed E-state index contributed by atoms with van der Waals surface area (Å²) in [5, 5.41) is 3.74. The predicted octanol–water partition coefficient (Wildman–Crippen LogP) is 1.81. The number of sulfonamides is 1. The molecule has 0 aliphatic carbocycles. The monoisotopic (exact) mass is 508 g/mol. The van der Waals surface area contributed by atoms with Gasteiger partial charge in [0, 0.05) is 26.2 Å². The fraction of sp³-hybridized carbons (Fsp3) is 0.292. The van der Waals surface area contributed by atoms with Crippen LogP contribution in [0.3, 0.4) is 0 Å². The average Bonchev–Trinajstić information content (AvgIpc) is 3.24. The third kappa shape index (κ3) is 4.23. The fourth-order valence-corrected chi connectivity index (χ4v) is 6.09. The molecule has 0 spiro atoms. The molecule has 3 aromatic heterocycles. The summed E-state index contributed by atoms with van der Waals surface area (Å²) in [7, 11) is -3.82. The van der Waals surface area contributed by atoms with Gasteiger partial charge in [-0.05, 0) is 24.6 Å². The number of nitrogens with zero attached hydrogens (tertiary/aromatic N) is 6. The second-order valence-electron chi connectivity index (χ2n) is 8.53. The summed E-state index contributed by atoms with van der Waals surface area (Å²) in [5.74, 6) is -0.319. The minimum absolute atomic E-state index is 0.0507. The van der Waals surface area contributed by atoms with E-state index in [0.717, 1.165) is 5.56 Å². The molecule has 1 saturated heterocycles. The van der Waals surface area contributed by atoms with E-state index in [1.54, 1.807) is 32.2 Å². The Kier molecular flexibility index (Phi) is 6.24. The average molecular weight is 509 g/mol. The molecule has 0 N–H and O–H groups in total. The number of fused-ring (bicyclic) bond motifs is 1. The number of hydrogen-bond donors (Lipinski definition) is 0. The second kappa shape index (κ2) is 9.37. The van der Waals surface area contributed by atoms with Crippen molar-refractivity contribution in [2.24, 2.45) is 0 Å². The summed E-state index contributed by atoms with van der Waals surface area (Å²) in [6.45, 7) is 3.74. The van der Waals surface area contributed by atoms with E-state index in [-0.39, 0.29) is 49.1 Å². The van der Waals surface area contributed by atoms with Crippen molar-refractivity contribution in [3.05, 3.63) is 81.7 Å². The number of amides is 1. The summed E-state index contributed by atoms with van der Waals surface area (Å²) in [6, 6.07) is 12.8. The van der Waals surface area contributed by atoms with E-state index in [0.29, 0.717) is 16.9 Å². The van der Waals surface area contributed by atoms with Gasteiger partial charge in [0.15, 0.2) is 27.5 Å². The van der Waals surface area contributed by atoms with Crippen LogP contribution in [0.15, 0.2) is 62.9 Å². The summed E-state index contributed by atoms with van der Waals surface area (Å²) in [5.41, 5.74) is 1.23. The number of benzene rings is 1. The Morgan fingerprint density at radius 1 is 1.08 bits per heavy atom. The summed E-state index contributed by atoms with van der Waals surface area (Å²) in [4.78, 5) is 37.0. The largest absolute Gasteiger partial charge is 0.593 e. The van der Waals surface area contributed by atoms with Crippen LogP contribution in [0, 0.1) is 13.8 Å². The van der Waals surface area contributed by atoms with E-state index in [2.05, 4.69) is 15.1 Å². The van der Waals surface area contributed by atoms with E-state index in [1.807, 2.05) is 30.3 Å². The number of aryl methyl sites for hydroxylation is 2. The molecule has 4 aromatic rings. The molecular formula is C24H24N6O5S. The standard InChI is InChI=1S/C24H24N6O5S/c1-16-21(17(2)35-27-16)36(33,34)29-13-11-28(12-14-29)23(31)20-24(32)30(15-18-7-4-3-5-8-18)22-19(26-20)9-6-10-25-22/h3-10H,11-15H2,1-2H3. The van der Waals surface area contributed by atoms with Crippen molar-refractivity contribution in [1.29, 1.82) is 0 Å². The molecule has 0 saturated carbocycles. The van der Waals surface area contributed by atoms with Gasteiger partial charge < -0.3 is 14.0 Å². The van der Waals surface area contributed by atoms with Crippen LogP contribution in [0.25, 0.3) is 11.2 Å². The highest BCUT2D eigenvalue weighted by Gasteiger charge is 2.39. The molecular weight excluding hydrogens is 484 g/mol. The molecule has 12 heteroatoms. The number of hydrogen-bond acceptors (Lipinski definition) is 8. The SMILES string of the molecule is Cc1noc(C)c1[S+](=O)([O-])N1CCN(C(=O)c2nc3cccnc3n(Cc3ccccc3)c2=O)CC1. The lowest BCUT2D eigenvalue weighted by Gasteiger charge is -2.35. The lowest BCUT2D eigenvalue weighted by Crippen LogP contribution is -2.53. The quantitative estimate of drug-likeness (QED) is 0.372. The maximum atomic E-state index is 13.4. The molecule has 1 fully saturated rings. The number of pyridine rings is 1. The van der Waals surface area contributed by atoms with Gasteiger partial charge in [-0.25, -0.2) is 9.97 Å². The second-order valence-corrected chi connectivity index (χ2v) is 10.4. The zero-order valence-corrected chi connectivity index (χ0v) is 20.6. The third-order valence-corrected chi connectivity index (χ3v) is 8.32. The topological polar surface area (TPSA) is 137 Å². The molecule has 1 aliphatic rings. The molecule has 186 valence electrons. The molecule has 1 unspecified atom stereocenters. The molecule has 0 radical (unpaired) electrons. The summed E-state index contributed by atoms with van der Waals surface area (Å²) < 4.78 is 34.0. The fourth-order valence-electron chi connectivity index (χ4n) is 4.38. The van der Waals surface area contributed by atoms with Crippen LogP contribution in [0.5, 0.6) is 0 Å². The van der Waals surface area contributed by atoms with Gasteiger partial charge in [0.1, 0.15) is 11.2 Å². The Morgan fingerprint density at radius 3 is 2.47 bits per heavy atom. The minimum atomic E-state index is -3.82. The van der Waals surface area contributed by atoms with E-state index >= 15 is 0 Å². The number of rotatable bonds is 5. The van der Waals surface area contributed by atoms with Crippen molar-refractivity contribution in [3.63, 3.8) is 0 Å². The van der Waals surface area contributed by atoms with Crippen molar-refractivity contribution >= 4 is 27.5 Å². The first kappa shape index (κ1) is 24.0. The van der Waals surface area contributed by atoms with Crippen LogP contribution < -0.4 is 5.56 Å². The highest BCUT2D eigenvalue weighted by molar-refractivity contribution is 7.95. The van der Waals surface area contributed by atoms with Crippen molar-refractivity contribution in [1.82, 2.24) is 28.9 Å². The number of aromatic nitrogens is 4. The smallest absolute Gasteiger partial charge is 0.284 e. The number of carbonyl (C=O) groups excluding carboxylic acids is 1. The van der Waals surface area contributed by atoms with Gasteiger partial charge in [0.2, 0.25) is 4.90 Å². The van der Waals surface area contributed by atoms with E-state index in [9.17, 15) is 18.4 Å². The van der Waals surface area contributed by atoms with Crippen LogP contribution in [0.1, 0.15) is 27.5 Å². The van der Waals surface area contributed by atoms with Crippen molar-refractivity contribution in [2.75, 3.05) is 26.2 Å². The first-order chi connectivity index (χ1) is 17.3. The molecule has 36 heavy (non-hydrogen) atoms. The van der Waals surface area contributed by atoms with Crippen LogP contribution in [-0.4, -0.2) is 65.5 Å². The van der Waals surface area contributed by atoms with Crippen LogP contribution >= 0.6 is 0 Å². The highest BCUT2D eigenvalue weighted by Crippen LogP contribution is 2.28. The maximum Gasteiger partial charge on any atom is 0.284 e. The lowest BCUT2D eigenvalue weighted by molar-refractivity contribution is 0.0684. The Labute approximate surface area is 207 Å². The molecule has 4 heterocycles. The highest BCUT2D eigenvalue weighted by atomic mass is 32.3. The number of carbonyl (C=O) groups is 1. The van der Waals surface area contributed by atoms with Crippen LogP contribution in [0.4, 0.5) is 0 Å². The molecule has 0 bridgehead atoms. The third-order valence-electron chi connectivity index (χ3n) is 6.18. The first-order valence-electron chi connectivity index (χ1n) is 11.4. The molecule has 1 aliphatic heterocycles. The van der Waals surface area contributed by atoms with Gasteiger partial charge >= 0.3 is 0 Å².